The highest BCUT2D eigenvalue weighted by atomic mass is 16.6. The standard InChI is InChI=1S/C14H22N2O2/c1-10-9-11(15)5-6-12(10)16-8-7-13(17)18-14(2,3)4/h5-6,9,16H,7-8,15H2,1-4H3. The van der Waals surface area contributed by atoms with Gasteiger partial charge >= 0.3 is 5.97 Å². The fourth-order valence-electron chi connectivity index (χ4n) is 1.58. The molecule has 4 heteroatoms. The van der Waals surface area contributed by atoms with Crippen molar-refractivity contribution in [2.45, 2.75) is 39.7 Å². The molecule has 0 fully saturated rings. The highest BCUT2D eigenvalue weighted by molar-refractivity contribution is 5.70. The van der Waals surface area contributed by atoms with Crippen molar-refractivity contribution in [3.8, 4) is 0 Å². The van der Waals surface area contributed by atoms with Crippen molar-refractivity contribution in [2.75, 3.05) is 17.6 Å². The lowest BCUT2D eigenvalue weighted by Gasteiger charge is -2.19. The molecular formula is C14H22N2O2. The largest absolute Gasteiger partial charge is 0.460 e. The van der Waals surface area contributed by atoms with E-state index in [1.54, 1.807) is 0 Å². The zero-order valence-corrected chi connectivity index (χ0v) is 11.5. The van der Waals surface area contributed by atoms with Crippen molar-refractivity contribution in [1.82, 2.24) is 0 Å². The highest BCUT2D eigenvalue weighted by Crippen LogP contribution is 2.17. The molecule has 3 N–H and O–H groups in total. The van der Waals surface area contributed by atoms with Crippen LogP contribution in [-0.4, -0.2) is 18.1 Å². The number of nitrogens with two attached hydrogens (primary N) is 1. The summed E-state index contributed by atoms with van der Waals surface area (Å²) in [4.78, 5) is 11.5. The monoisotopic (exact) mass is 250 g/mol. The van der Waals surface area contributed by atoms with Crippen LogP contribution in [0.15, 0.2) is 18.2 Å². The van der Waals surface area contributed by atoms with Crippen LogP contribution in [0.3, 0.4) is 0 Å². The molecular weight excluding hydrogens is 228 g/mol. The summed E-state index contributed by atoms with van der Waals surface area (Å²) in [7, 11) is 0. The van der Waals surface area contributed by atoms with Crippen LogP contribution in [0, 0.1) is 6.92 Å². The summed E-state index contributed by atoms with van der Waals surface area (Å²) in [5, 5.41) is 3.20. The molecule has 0 aliphatic rings. The lowest BCUT2D eigenvalue weighted by Crippen LogP contribution is -2.25. The Hall–Kier alpha value is -1.71. The van der Waals surface area contributed by atoms with Crippen LogP contribution >= 0.6 is 0 Å². The normalized spacial score (nSPS) is 11.1. The minimum atomic E-state index is -0.422. The Bertz CT molecular complexity index is 422. The van der Waals surface area contributed by atoms with Gasteiger partial charge in [-0.25, -0.2) is 0 Å². The zero-order valence-electron chi connectivity index (χ0n) is 11.5. The quantitative estimate of drug-likeness (QED) is 0.637. The number of hydrogen-bond donors (Lipinski definition) is 2. The van der Waals surface area contributed by atoms with Gasteiger partial charge in [0, 0.05) is 17.9 Å². The summed E-state index contributed by atoms with van der Waals surface area (Å²) in [6, 6.07) is 5.65. The first kappa shape index (κ1) is 14.4. The van der Waals surface area contributed by atoms with Crippen molar-refractivity contribution in [3.05, 3.63) is 23.8 Å². The third-order valence-corrected chi connectivity index (χ3v) is 2.32. The number of rotatable bonds is 4. The molecule has 0 radical (unpaired) electrons. The van der Waals surface area contributed by atoms with E-state index in [4.69, 9.17) is 10.5 Å². The number of benzene rings is 1. The Morgan fingerprint density at radius 3 is 2.61 bits per heavy atom. The number of nitrogens with one attached hydrogen (secondary N) is 1. The molecule has 1 aromatic carbocycles. The van der Waals surface area contributed by atoms with Crippen LogP contribution < -0.4 is 11.1 Å². The predicted molar refractivity (Wildman–Crippen MR) is 74.5 cm³/mol. The maximum absolute atomic E-state index is 11.5. The molecule has 1 rings (SSSR count). The molecule has 4 nitrogen and oxygen atoms in total. The van der Waals surface area contributed by atoms with Crippen LogP contribution in [0.5, 0.6) is 0 Å². The molecule has 0 spiro atoms. The average Bonchev–Trinajstić information content (AvgIpc) is 2.18. The molecule has 0 aliphatic heterocycles. The molecule has 1 aromatic rings. The van der Waals surface area contributed by atoms with Crippen molar-refractivity contribution >= 4 is 17.3 Å². The van der Waals surface area contributed by atoms with E-state index in [2.05, 4.69) is 5.32 Å². The topological polar surface area (TPSA) is 64.3 Å². The smallest absolute Gasteiger partial charge is 0.308 e. The number of carbonyl (C=O) groups excluding carboxylic acids is 1. The molecule has 18 heavy (non-hydrogen) atoms. The van der Waals surface area contributed by atoms with Gasteiger partial charge in [0.25, 0.3) is 0 Å². The van der Waals surface area contributed by atoms with E-state index >= 15 is 0 Å². The second-order valence-electron chi connectivity index (χ2n) is 5.34. The van der Waals surface area contributed by atoms with Gasteiger partial charge in [-0.3, -0.25) is 4.79 Å². The second-order valence-corrected chi connectivity index (χ2v) is 5.34. The van der Waals surface area contributed by atoms with Crippen molar-refractivity contribution in [2.24, 2.45) is 0 Å². The molecule has 100 valence electrons. The van der Waals surface area contributed by atoms with Crippen LogP contribution in [-0.2, 0) is 9.53 Å². The van der Waals surface area contributed by atoms with E-state index < -0.39 is 5.60 Å². The Morgan fingerprint density at radius 2 is 2.06 bits per heavy atom. The summed E-state index contributed by atoms with van der Waals surface area (Å²) in [5.41, 5.74) is 8.05. The number of nitrogen functional groups attached to an aromatic ring is 1. The molecule has 0 amide bonds. The van der Waals surface area contributed by atoms with Gasteiger partial charge in [0.15, 0.2) is 0 Å². The molecule has 0 aliphatic carbocycles. The molecule has 0 aromatic heterocycles. The Morgan fingerprint density at radius 1 is 1.39 bits per heavy atom. The number of aryl methyl sites for hydroxylation is 1. The Kier molecular flexibility index (Phi) is 4.59. The van der Waals surface area contributed by atoms with Crippen molar-refractivity contribution in [1.29, 1.82) is 0 Å². The first-order valence-corrected chi connectivity index (χ1v) is 6.10. The zero-order chi connectivity index (χ0) is 13.8. The Labute approximate surface area is 109 Å². The minimum absolute atomic E-state index is 0.192. The lowest BCUT2D eigenvalue weighted by molar-refractivity contribution is -0.154. The predicted octanol–water partition coefficient (Wildman–Crippen LogP) is 2.72. The molecule has 0 unspecified atom stereocenters. The lowest BCUT2D eigenvalue weighted by atomic mass is 10.1. The van der Waals surface area contributed by atoms with Gasteiger partial charge < -0.3 is 15.8 Å². The van der Waals surface area contributed by atoms with E-state index in [1.807, 2.05) is 45.9 Å². The highest BCUT2D eigenvalue weighted by Gasteiger charge is 2.15. The SMILES string of the molecule is Cc1cc(N)ccc1NCCC(=O)OC(C)(C)C. The molecule has 0 heterocycles. The molecule has 0 atom stereocenters. The van der Waals surface area contributed by atoms with Crippen molar-refractivity contribution < 1.29 is 9.53 Å². The minimum Gasteiger partial charge on any atom is -0.460 e. The van der Waals surface area contributed by atoms with Gasteiger partial charge in [-0.15, -0.1) is 0 Å². The van der Waals surface area contributed by atoms with Gasteiger partial charge in [0.05, 0.1) is 6.42 Å². The number of hydrogen-bond acceptors (Lipinski definition) is 4. The molecule has 0 bridgehead atoms. The van der Waals surface area contributed by atoms with Gasteiger partial charge in [-0.2, -0.15) is 0 Å². The van der Waals surface area contributed by atoms with Crippen molar-refractivity contribution in [3.63, 3.8) is 0 Å². The second kappa shape index (κ2) is 5.76. The average molecular weight is 250 g/mol. The summed E-state index contributed by atoms with van der Waals surface area (Å²) < 4.78 is 5.23. The van der Waals surface area contributed by atoms with Gasteiger partial charge in [0.1, 0.15) is 5.60 Å². The number of ether oxygens (including phenoxy) is 1. The van der Waals surface area contributed by atoms with Gasteiger partial charge in [-0.05, 0) is 51.5 Å². The van der Waals surface area contributed by atoms with Gasteiger partial charge in [-0.1, -0.05) is 0 Å². The summed E-state index contributed by atoms with van der Waals surface area (Å²) in [6.07, 6.45) is 0.348. The third kappa shape index (κ3) is 5.08. The van der Waals surface area contributed by atoms with E-state index in [9.17, 15) is 4.79 Å². The van der Waals surface area contributed by atoms with Crippen LogP contribution in [0.1, 0.15) is 32.8 Å². The maximum Gasteiger partial charge on any atom is 0.308 e. The van der Waals surface area contributed by atoms with E-state index in [-0.39, 0.29) is 5.97 Å². The van der Waals surface area contributed by atoms with Crippen LogP contribution in [0.4, 0.5) is 11.4 Å². The summed E-state index contributed by atoms with van der Waals surface area (Å²) in [5.74, 6) is -0.192. The van der Waals surface area contributed by atoms with E-state index in [1.165, 1.54) is 0 Å². The maximum atomic E-state index is 11.5. The van der Waals surface area contributed by atoms with E-state index in [0.29, 0.717) is 13.0 Å². The molecule has 0 saturated heterocycles. The van der Waals surface area contributed by atoms with Crippen LogP contribution in [0.2, 0.25) is 0 Å². The summed E-state index contributed by atoms with van der Waals surface area (Å²) >= 11 is 0. The fourth-order valence-corrected chi connectivity index (χ4v) is 1.58. The fraction of sp³-hybridized carbons (Fsp3) is 0.500. The summed E-state index contributed by atoms with van der Waals surface area (Å²) in [6.45, 7) is 8.12. The first-order valence-electron chi connectivity index (χ1n) is 6.10. The Balaban J connectivity index is 2.40. The first-order chi connectivity index (χ1) is 8.28. The number of carbonyl (C=O) groups is 1. The van der Waals surface area contributed by atoms with Crippen LogP contribution in [0.25, 0.3) is 0 Å². The third-order valence-electron chi connectivity index (χ3n) is 2.32. The number of anilines is 2. The number of esters is 1. The van der Waals surface area contributed by atoms with E-state index in [0.717, 1.165) is 16.9 Å². The molecule has 0 saturated carbocycles. The van der Waals surface area contributed by atoms with Gasteiger partial charge in [0.2, 0.25) is 0 Å².